The van der Waals surface area contributed by atoms with Gasteiger partial charge in [-0.25, -0.2) is 0 Å². The van der Waals surface area contributed by atoms with Crippen molar-refractivity contribution in [1.29, 1.82) is 0 Å². The first-order valence-electron chi connectivity index (χ1n) is 7.74. The molecule has 1 aromatic heterocycles. The smallest absolute Gasteiger partial charge is 0.226 e. The van der Waals surface area contributed by atoms with Gasteiger partial charge in [-0.1, -0.05) is 18.1 Å². The Morgan fingerprint density at radius 1 is 1.32 bits per heavy atom. The molecule has 5 heteroatoms. The van der Waals surface area contributed by atoms with E-state index < -0.39 is 0 Å². The van der Waals surface area contributed by atoms with Crippen molar-refractivity contribution in [3.05, 3.63) is 41.8 Å². The molecule has 5 nitrogen and oxygen atoms in total. The van der Waals surface area contributed by atoms with Gasteiger partial charge < -0.3 is 14.2 Å². The standard InChI is InChI=1S/C17H20N2O3/c1-2-13-10-16(22-18-13)12-21-15-7-5-6-14(11-15)19-9-4-3-8-17(19)20/h5-7,10-11H,2-4,8-9,12H2,1H3. The van der Waals surface area contributed by atoms with E-state index in [2.05, 4.69) is 5.16 Å². The summed E-state index contributed by atoms with van der Waals surface area (Å²) in [6, 6.07) is 9.54. The first kappa shape index (κ1) is 14.6. The molecule has 0 radical (unpaired) electrons. The van der Waals surface area contributed by atoms with E-state index in [9.17, 15) is 4.79 Å². The SMILES string of the molecule is CCc1cc(COc2cccc(N3CCCCC3=O)c2)on1. The molecule has 2 aromatic rings. The second kappa shape index (κ2) is 6.64. The summed E-state index contributed by atoms with van der Waals surface area (Å²) < 4.78 is 10.9. The lowest BCUT2D eigenvalue weighted by atomic mass is 10.1. The number of aryl methyl sites for hydroxylation is 1. The summed E-state index contributed by atoms with van der Waals surface area (Å²) in [5.74, 6) is 1.62. The van der Waals surface area contributed by atoms with Crippen molar-refractivity contribution in [1.82, 2.24) is 5.16 Å². The van der Waals surface area contributed by atoms with Crippen LogP contribution in [0.1, 0.15) is 37.6 Å². The average Bonchev–Trinajstić information content (AvgIpc) is 3.02. The van der Waals surface area contributed by atoms with E-state index in [4.69, 9.17) is 9.26 Å². The molecule has 0 N–H and O–H groups in total. The largest absolute Gasteiger partial charge is 0.485 e. The van der Waals surface area contributed by atoms with Gasteiger partial charge in [-0.05, 0) is 31.4 Å². The predicted molar refractivity (Wildman–Crippen MR) is 82.9 cm³/mol. The number of carbonyl (C=O) groups excluding carboxylic acids is 1. The van der Waals surface area contributed by atoms with Crippen molar-refractivity contribution >= 4 is 11.6 Å². The zero-order chi connectivity index (χ0) is 15.4. The van der Waals surface area contributed by atoms with E-state index >= 15 is 0 Å². The van der Waals surface area contributed by atoms with Crippen LogP contribution in [-0.2, 0) is 17.8 Å². The van der Waals surface area contributed by atoms with Crippen molar-refractivity contribution < 1.29 is 14.1 Å². The number of nitrogens with zero attached hydrogens (tertiary/aromatic N) is 2. The lowest BCUT2D eigenvalue weighted by molar-refractivity contribution is -0.119. The summed E-state index contributed by atoms with van der Waals surface area (Å²) in [5, 5.41) is 3.94. The highest BCUT2D eigenvalue weighted by Gasteiger charge is 2.19. The van der Waals surface area contributed by atoms with E-state index in [1.807, 2.05) is 42.2 Å². The first-order chi connectivity index (χ1) is 10.8. The monoisotopic (exact) mass is 300 g/mol. The lowest BCUT2D eigenvalue weighted by Gasteiger charge is -2.27. The third-order valence-corrected chi connectivity index (χ3v) is 3.80. The third kappa shape index (κ3) is 3.30. The Morgan fingerprint density at radius 3 is 3.00 bits per heavy atom. The summed E-state index contributed by atoms with van der Waals surface area (Å²) in [7, 11) is 0. The molecule has 1 amide bonds. The second-order valence-electron chi connectivity index (χ2n) is 5.43. The molecule has 116 valence electrons. The van der Waals surface area contributed by atoms with Crippen molar-refractivity contribution in [3.8, 4) is 5.75 Å². The minimum absolute atomic E-state index is 0.186. The van der Waals surface area contributed by atoms with Gasteiger partial charge in [0, 0.05) is 30.8 Å². The number of rotatable bonds is 5. The van der Waals surface area contributed by atoms with Gasteiger partial charge in [-0.3, -0.25) is 4.79 Å². The van der Waals surface area contributed by atoms with Crippen LogP contribution in [0.5, 0.6) is 5.75 Å². The predicted octanol–water partition coefficient (Wildman–Crippen LogP) is 3.33. The third-order valence-electron chi connectivity index (χ3n) is 3.80. The number of hydrogen-bond donors (Lipinski definition) is 0. The molecular weight excluding hydrogens is 280 g/mol. The van der Waals surface area contributed by atoms with Crippen LogP contribution in [0.15, 0.2) is 34.9 Å². The molecule has 0 aliphatic carbocycles. The molecule has 0 bridgehead atoms. The van der Waals surface area contributed by atoms with Crippen LogP contribution < -0.4 is 9.64 Å². The summed E-state index contributed by atoms with van der Waals surface area (Å²) in [6.07, 6.45) is 3.50. The fraction of sp³-hybridized carbons (Fsp3) is 0.412. The van der Waals surface area contributed by atoms with E-state index in [1.54, 1.807) is 0 Å². The van der Waals surface area contributed by atoms with Crippen LogP contribution >= 0.6 is 0 Å². The fourth-order valence-corrected chi connectivity index (χ4v) is 2.56. The molecule has 1 aliphatic heterocycles. The van der Waals surface area contributed by atoms with Crippen LogP contribution in [0.3, 0.4) is 0 Å². The Hall–Kier alpha value is -2.30. The zero-order valence-electron chi connectivity index (χ0n) is 12.7. The highest BCUT2D eigenvalue weighted by Crippen LogP contribution is 2.25. The van der Waals surface area contributed by atoms with Gasteiger partial charge in [-0.2, -0.15) is 0 Å². The van der Waals surface area contributed by atoms with Crippen molar-refractivity contribution in [2.24, 2.45) is 0 Å². The summed E-state index contributed by atoms with van der Waals surface area (Å²) in [5.41, 5.74) is 1.82. The number of ether oxygens (including phenoxy) is 1. The Balaban J connectivity index is 1.67. The lowest BCUT2D eigenvalue weighted by Crippen LogP contribution is -2.35. The Bertz CT molecular complexity index is 651. The number of hydrogen-bond acceptors (Lipinski definition) is 4. The molecule has 1 fully saturated rings. The maximum absolute atomic E-state index is 12.0. The van der Waals surface area contributed by atoms with E-state index in [1.165, 1.54) is 0 Å². The quantitative estimate of drug-likeness (QED) is 0.850. The number of carbonyl (C=O) groups is 1. The molecule has 1 saturated heterocycles. The van der Waals surface area contributed by atoms with Crippen LogP contribution in [0.2, 0.25) is 0 Å². The van der Waals surface area contributed by atoms with E-state index in [-0.39, 0.29) is 5.91 Å². The summed E-state index contributed by atoms with van der Waals surface area (Å²) in [4.78, 5) is 13.8. The van der Waals surface area contributed by atoms with Gasteiger partial charge in [-0.15, -0.1) is 0 Å². The van der Waals surface area contributed by atoms with Crippen molar-refractivity contribution in [2.45, 2.75) is 39.2 Å². The van der Waals surface area contributed by atoms with Gasteiger partial charge in [0.2, 0.25) is 5.91 Å². The number of anilines is 1. The Morgan fingerprint density at radius 2 is 2.23 bits per heavy atom. The molecule has 1 aromatic carbocycles. The van der Waals surface area contributed by atoms with Crippen molar-refractivity contribution in [3.63, 3.8) is 0 Å². The van der Waals surface area contributed by atoms with Crippen LogP contribution in [0.4, 0.5) is 5.69 Å². The average molecular weight is 300 g/mol. The highest BCUT2D eigenvalue weighted by atomic mass is 16.5. The second-order valence-corrected chi connectivity index (χ2v) is 5.43. The van der Waals surface area contributed by atoms with Gasteiger partial charge in [0.05, 0.1) is 5.69 Å². The van der Waals surface area contributed by atoms with Gasteiger partial charge in [0.25, 0.3) is 0 Å². The number of benzene rings is 1. The number of amides is 1. The fourth-order valence-electron chi connectivity index (χ4n) is 2.56. The van der Waals surface area contributed by atoms with Crippen LogP contribution in [0.25, 0.3) is 0 Å². The van der Waals surface area contributed by atoms with E-state index in [0.717, 1.165) is 42.9 Å². The normalized spacial score (nSPS) is 15.1. The molecule has 0 saturated carbocycles. The first-order valence-corrected chi connectivity index (χ1v) is 7.74. The molecule has 1 aliphatic rings. The number of aromatic nitrogens is 1. The van der Waals surface area contributed by atoms with Gasteiger partial charge in [0.15, 0.2) is 5.76 Å². The van der Waals surface area contributed by atoms with Gasteiger partial charge >= 0.3 is 0 Å². The molecule has 0 atom stereocenters. The summed E-state index contributed by atoms with van der Waals surface area (Å²) >= 11 is 0. The van der Waals surface area contributed by atoms with Crippen LogP contribution in [-0.4, -0.2) is 17.6 Å². The van der Waals surface area contributed by atoms with Crippen molar-refractivity contribution in [2.75, 3.05) is 11.4 Å². The Kier molecular flexibility index (Phi) is 4.42. The molecule has 2 heterocycles. The summed E-state index contributed by atoms with van der Waals surface area (Å²) in [6.45, 7) is 3.15. The van der Waals surface area contributed by atoms with Gasteiger partial charge in [0.1, 0.15) is 12.4 Å². The molecule has 0 spiro atoms. The van der Waals surface area contributed by atoms with E-state index in [0.29, 0.717) is 18.8 Å². The minimum atomic E-state index is 0.186. The highest BCUT2D eigenvalue weighted by molar-refractivity contribution is 5.94. The minimum Gasteiger partial charge on any atom is -0.485 e. The van der Waals surface area contributed by atoms with Crippen LogP contribution in [0, 0.1) is 0 Å². The maximum Gasteiger partial charge on any atom is 0.226 e. The molecule has 3 rings (SSSR count). The number of piperidine rings is 1. The maximum atomic E-state index is 12.0. The zero-order valence-corrected chi connectivity index (χ0v) is 12.7. The topological polar surface area (TPSA) is 55.6 Å². The molecule has 22 heavy (non-hydrogen) atoms. The molecular formula is C17H20N2O3. The molecule has 0 unspecified atom stereocenters. The Labute approximate surface area is 129 Å².